The molecule has 2 amide bonds. The molecule has 5 nitrogen and oxygen atoms in total. The third kappa shape index (κ3) is 2.79. The molecule has 1 saturated carbocycles. The predicted octanol–water partition coefficient (Wildman–Crippen LogP) is 2.75. The summed E-state index contributed by atoms with van der Waals surface area (Å²) >= 11 is 0. The van der Waals surface area contributed by atoms with E-state index in [1.807, 2.05) is 6.08 Å². The molecule has 4 rings (SSSR count). The molecule has 0 spiro atoms. The van der Waals surface area contributed by atoms with Gasteiger partial charge in [0.15, 0.2) is 0 Å². The van der Waals surface area contributed by atoms with Crippen LogP contribution in [0.5, 0.6) is 0 Å². The molecule has 4 aliphatic rings. The summed E-state index contributed by atoms with van der Waals surface area (Å²) in [5.74, 6) is 0.342. The van der Waals surface area contributed by atoms with E-state index in [-0.39, 0.29) is 40.5 Å². The lowest BCUT2D eigenvalue weighted by Gasteiger charge is -2.53. The lowest BCUT2D eigenvalue weighted by molar-refractivity contribution is -0.120. The van der Waals surface area contributed by atoms with Gasteiger partial charge in [-0.2, -0.15) is 0 Å². The van der Waals surface area contributed by atoms with Gasteiger partial charge in [-0.3, -0.25) is 9.59 Å². The molecule has 3 N–H and O–H groups in total. The Hall–Kier alpha value is -2.14. The highest BCUT2D eigenvalue weighted by molar-refractivity contribution is 5.76. The molecule has 6 atom stereocenters. The van der Waals surface area contributed by atoms with Gasteiger partial charge in [-0.15, -0.1) is 0 Å². The Bertz CT molecular complexity index is 852. The Morgan fingerprint density at radius 2 is 1.89 bits per heavy atom. The lowest BCUT2D eigenvalue weighted by Crippen LogP contribution is -2.51. The van der Waals surface area contributed by atoms with Crippen LogP contribution in [0.15, 0.2) is 47.2 Å². The Kier molecular flexibility index (Phi) is 4.42. The maximum atomic E-state index is 12.0. The first kappa shape index (κ1) is 19.2. The standard InChI is InChI=1S/C23H30N2O3/c1-13(26)24-19-12-15-11-16(28)7-9-22(15,3)18-8-10-23(4)17(21(18)19)5-6-20(23)25-14(2)27/h5-7,9,12,16-18,20,28H,8,10-11H2,1-4H3,(H,24,26)(H,25,27)/t16?,17-,18+,20?,22-,23-/m0/s1. The monoisotopic (exact) mass is 382 g/mol. The van der Waals surface area contributed by atoms with Crippen LogP contribution in [-0.4, -0.2) is 29.1 Å². The van der Waals surface area contributed by atoms with Crippen molar-refractivity contribution < 1.29 is 14.7 Å². The summed E-state index contributed by atoms with van der Waals surface area (Å²) < 4.78 is 0. The van der Waals surface area contributed by atoms with Crippen LogP contribution in [0.3, 0.4) is 0 Å². The van der Waals surface area contributed by atoms with Crippen molar-refractivity contribution in [3.05, 3.63) is 47.2 Å². The molecule has 2 unspecified atom stereocenters. The molecule has 0 aromatic heterocycles. The van der Waals surface area contributed by atoms with Crippen molar-refractivity contribution in [3.63, 3.8) is 0 Å². The van der Waals surface area contributed by atoms with Crippen LogP contribution >= 0.6 is 0 Å². The van der Waals surface area contributed by atoms with Gasteiger partial charge in [-0.05, 0) is 36.8 Å². The predicted molar refractivity (Wildman–Crippen MR) is 108 cm³/mol. The Morgan fingerprint density at radius 3 is 2.57 bits per heavy atom. The van der Waals surface area contributed by atoms with Gasteiger partial charge in [-0.25, -0.2) is 0 Å². The van der Waals surface area contributed by atoms with Crippen LogP contribution < -0.4 is 10.6 Å². The van der Waals surface area contributed by atoms with Crippen LogP contribution in [0.4, 0.5) is 0 Å². The molecule has 4 aliphatic carbocycles. The van der Waals surface area contributed by atoms with Gasteiger partial charge >= 0.3 is 0 Å². The largest absolute Gasteiger partial charge is 0.389 e. The number of carbonyl (C=O) groups excluding carboxylic acids is 2. The maximum Gasteiger partial charge on any atom is 0.221 e. The van der Waals surface area contributed by atoms with Crippen LogP contribution in [0, 0.1) is 22.7 Å². The first-order valence-electron chi connectivity index (χ1n) is 10.2. The Balaban J connectivity index is 1.83. The van der Waals surface area contributed by atoms with E-state index < -0.39 is 6.10 Å². The molecule has 0 aliphatic heterocycles. The highest BCUT2D eigenvalue weighted by atomic mass is 16.3. The highest BCUT2D eigenvalue weighted by Gasteiger charge is 2.55. The number of hydrogen-bond donors (Lipinski definition) is 3. The quantitative estimate of drug-likeness (QED) is 0.643. The molecular weight excluding hydrogens is 352 g/mol. The van der Waals surface area contributed by atoms with Crippen LogP contribution in [0.2, 0.25) is 0 Å². The van der Waals surface area contributed by atoms with Gasteiger partial charge in [0.2, 0.25) is 11.8 Å². The van der Waals surface area contributed by atoms with Crippen LogP contribution in [-0.2, 0) is 9.59 Å². The Labute approximate surface area is 166 Å². The van der Waals surface area contributed by atoms with E-state index in [4.69, 9.17) is 0 Å². The van der Waals surface area contributed by atoms with Gasteiger partial charge in [0, 0.05) is 36.3 Å². The van der Waals surface area contributed by atoms with E-state index in [9.17, 15) is 14.7 Å². The molecule has 5 heteroatoms. The van der Waals surface area contributed by atoms with E-state index in [0.29, 0.717) is 6.42 Å². The van der Waals surface area contributed by atoms with Crippen LogP contribution in [0.1, 0.15) is 47.0 Å². The lowest BCUT2D eigenvalue weighted by atomic mass is 9.51. The summed E-state index contributed by atoms with van der Waals surface area (Å²) in [6.45, 7) is 7.60. The minimum atomic E-state index is -0.469. The van der Waals surface area contributed by atoms with Crippen molar-refractivity contribution >= 4 is 11.8 Å². The molecular formula is C23H30N2O3. The average Bonchev–Trinajstić information content (AvgIpc) is 2.92. The highest BCUT2D eigenvalue weighted by Crippen LogP contribution is 2.61. The van der Waals surface area contributed by atoms with Crippen molar-refractivity contribution in [2.45, 2.75) is 59.1 Å². The zero-order chi connectivity index (χ0) is 20.3. The number of hydrogen-bond acceptors (Lipinski definition) is 3. The van der Waals surface area contributed by atoms with Gasteiger partial charge in [-0.1, -0.05) is 43.7 Å². The molecule has 0 bridgehead atoms. The molecule has 0 radical (unpaired) electrons. The normalized spacial score (nSPS) is 41.0. The van der Waals surface area contributed by atoms with Gasteiger partial charge < -0.3 is 15.7 Å². The number of rotatable bonds is 2. The topological polar surface area (TPSA) is 78.4 Å². The number of carbonyl (C=O) groups is 2. The molecule has 0 heterocycles. The maximum absolute atomic E-state index is 12.0. The summed E-state index contributed by atoms with van der Waals surface area (Å²) in [4.78, 5) is 23.7. The first-order valence-corrected chi connectivity index (χ1v) is 10.2. The van der Waals surface area contributed by atoms with Crippen molar-refractivity contribution in [1.82, 2.24) is 10.6 Å². The van der Waals surface area contributed by atoms with E-state index >= 15 is 0 Å². The van der Waals surface area contributed by atoms with Gasteiger partial charge in [0.1, 0.15) is 0 Å². The van der Waals surface area contributed by atoms with E-state index in [2.05, 4.69) is 48.8 Å². The van der Waals surface area contributed by atoms with E-state index in [0.717, 1.165) is 18.5 Å². The fraction of sp³-hybridized carbons (Fsp3) is 0.565. The smallest absolute Gasteiger partial charge is 0.221 e. The second kappa shape index (κ2) is 6.45. The number of nitrogens with one attached hydrogen (secondary N) is 2. The Morgan fingerprint density at radius 1 is 1.14 bits per heavy atom. The van der Waals surface area contributed by atoms with Crippen LogP contribution in [0.25, 0.3) is 0 Å². The summed E-state index contributed by atoms with van der Waals surface area (Å²) in [6, 6.07) is 0.00364. The van der Waals surface area contributed by atoms with Gasteiger partial charge in [0.25, 0.3) is 0 Å². The molecule has 1 fully saturated rings. The summed E-state index contributed by atoms with van der Waals surface area (Å²) in [5.41, 5.74) is 3.10. The third-order valence-corrected chi connectivity index (χ3v) is 7.41. The fourth-order valence-electron chi connectivity index (χ4n) is 5.90. The summed E-state index contributed by atoms with van der Waals surface area (Å²) in [7, 11) is 0. The fourth-order valence-corrected chi connectivity index (χ4v) is 5.90. The average molecular weight is 383 g/mol. The SMILES string of the molecule is CC(=O)NC1=C2[C@@H](CC[C@]3(C)C(NC(C)=O)C=C[C@@H]23)[C@@]2(C)C=CC(O)CC2=C1. The first-order chi connectivity index (χ1) is 13.1. The minimum absolute atomic E-state index is 0.00364. The zero-order valence-electron chi connectivity index (χ0n) is 17.1. The van der Waals surface area contributed by atoms with Crippen molar-refractivity contribution in [2.24, 2.45) is 22.7 Å². The van der Waals surface area contributed by atoms with Gasteiger partial charge in [0.05, 0.1) is 12.1 Å². The van der Waals surface area contributed by atoms with Crippen molar-refractivity contribution in [1.29, 1.82) is 0 Å². The third-order valence-electron chi connectivity index (χ3n) is 7.41. The van der Waals surface area contributed by atoms with Crippen molar-refractivity contribution in [2.75, 3.05) is 0 Å². The second-order valence-corrected chi connectivity index (χ2v) is 9.27. The molecule has 0 aromatic rings. The molecule has 0 aromatic carbocycles. The molecule has 28 heavy (non-hydrogen) atoms. The minimum Gasteiger partial charge on any atom is -0.389 e. The number of aliphatic hydroxyl groups excluding tert-OH is 1. The number of fused-ring (bicyclic) bond motifs is 5. The number of amides is 2. The summed E-state index contributed by atoms with van der Waals surface area (Å²) in [5, 5.41) is 16.3. The molecule has 0 saturated heterocycles. The number of aliphatic hydroxyl groups is 1. The number of allylic oxidation sites excluding steroid dienone is 4. The van der Waals surface area contributed by atoms with E-state index in [1.54, 1.807) is 6.92 Å². The van der Waals surface area contributed by atoms with Crippen molar-refractivity contribution in [3.8, 4) is 0 Å². The molecule has 150 valence electrons. The second-order valence-electron chi connectivity index (χ2n) is 9.27. The van der Waals surface area contributed by atoms with E-state index in [1.165, 1.54) is 18.1 Å². The zero-order valence-corrected chi connectivity index (χ0v) is 17.1. The summed E-state index contributed by atoms with van der Waals surface area (Å²) in [6.07, 6.45) is 12.6.